The first-order valence-corrected chi connectivity index (χ1v) is 7.18. The Hall–Kier alpha value is -1.39. The van der Waals surface area contributed by atoms with Crippen molar-refractivity contribution in [3.05, 3.63) is 62.9 Å². The zero-order valence-corrected chi connectivity index (χ0v) is 13.1. The molecule has 106 valence electrons. The van der Waals surface area contributed by atoms with Gasteiger partial charge in [0.25, 0.3) is 0 Å². The second-order valence-corrected chi connectivity index (χ2v) is 5.56. The standard InChI is InChI=1S/C16H17BrFNO/c1-10-6-12(8-19)7-11(2)16(10)20-9-13-4-3-5-14(18)15(13)17/h3-7H,8-9,19H2,1-2H3. The molecule has 0 saturated heterocycles. The Morgan fingerprint density at radius 1 is 1.20 bits per heavy atom. The average Bonchev–Trinajstić information content (AvgIpc) is 2.42. The molecule has 0 aliphatic heterocycles. The quantitative estimate of drug-likeness (QED) is 0.905. The van der Waals surface area contributed by atoms with Crippen LogP contribution in [0.15, 0.2) is 34.8 Å². The van der Waals surface area contributed by atoms with Crippen LogP contribution in [0.3, 0.4) is 0 Å². The van der Waals surface area contributed by atoms with Crippen molar-refractivity contribution in [2.45, 2.75) is 27.0 Å². The smallest absolute Gasteiger partial charge is 0.137 e. The molecule has 20 heavy (non-hydrogen) atoms. The van der Waals surface area contributed by atoms with Gasteiger partial charge in [-0.25, -0.2) is 4.39 Å². The second-order valence-electron chi connectivity index (χ2n) is 4.76. The minimum absolute atomic E-state index is 0.280. The summed E-state index contributed by atoms with van der Waals surface area (Å²) in [6.07, 6.45) is 0. The van der Waals surface area contributed by atoms with Crippen molar-refractivity contribution < 1.29 is 9.13 Å². The van der Waals surface area contributed by atoms with Gasteiger partial charge in [0, 0.05) is 12.1 Å². The molecule has 0 saturated carbocycles. The molecule has 0 amide bonds. The van der Waals surface area contributed by atoms with E-state index in [1.165, 1.54) is 6.07 Å². The zero-order valence-electron chi connectivity index (χ0n) is 11.5. The maximum Gasteiger partial charge on any atom is 0.137 e. The van der Waals surface area contributed by atoms with Gasteiger partial charge in [0.2, 0.25) is 0 Å². The molecule has 2 aromatic carbocycles. The molecule has 2 nitrogen and oxygen atoms in total. The Balaban J connectivity index is 2.21. The highest BCUT2D eigenvalue weighted by Crippen LogP contribution is 2.27. The van der Waals surface area contributed by atoms with Crippen LogP contribution in [-0.2, 0) is 13.2 Å². The minimum Gasteiger partial charge on any atom is -0.488 e. The van der Waals surface area contributed by atoms with Crippen LogP contribution in [0, 0.1) is 19.7 Å². The molecule has 0 heterocycles. The van der Waals surface area contributed by atoms with E-state index in [9.17, 15) is 4.39 Å². The highest BCUT2D eigenvalue weighted by atomic mass is 79.9. The van der Waals surface area contributed by atoms with Crippen molar-refractivity contribution in [2.24, 2.45) is 5.73 Å². The van der Waals surface area contributed by atoms with Gasteiger partial charge in [-0.2, -0.15) is 0 Å². The Morgan fingerprint density at radius 3 is 2.45 bits per heavy atom. The van der Waals surface area contributed by atoms with E-state index in [4.69, 9.17) is 10.5 Å². The van der Waals surface area contributed by atoms with Gasteiger partial charge in [0.05, 0.1) is 4.47 Å². The highest BCUT2D eigenvalue weighted by Gasteiger charge is 2.09. The Morgan fingerprint density at radius 2 is 1.85 bits per heavy atom. The summed E-state index contributed by atoms with van der Waals surface area (Å²) in [5.74, 6) is 0.552. The zero-order chi connectivity index (χ0) is 14.7. The largest absolute Gasteiger partial charge is 0.488 e. The third kappa shape index (κ3) is 3.19. The predicted octanol–water partition coefficient (Wildman–Crippen LogP) is 4.24. The fourth-order valence-electron chi connectivity index (χ4n) is 2.20. The summed E-state index contributed by atoms with van der Waals surface area (Å²) in [5, 5.41) is 0. The molecular formula is C16H17BrFNO. The summed E-state index contributed by atoms with van der Waals surface area (Å²) in [5.41, 5.74) is 9.60. The first-order chi connectivity index (χ1) is 9.52. The van der Waals surface area contributed by atoms with Crippen LogP contribution in [0.1, 0.15) is 22.3 Å². The van der Waals surface area contributed by atoms with Crippen molar-refractivity contribution in [3.8, 4) is 5.75 Å². The third-order valence-corrected chi connectivity index (χ3v) is 4.05. The van der Waals surface area contributed by atoms with Crippen molar-refractivity contribution in [1.82, 2.24) is 0 Å². The van der Waals surface area contributed by atoms with E-state index in [0.717, 1.165) is 28.0 Å². The van der Waals surface area contributed by atoms with Crippen molar-refractivity contribution in [3.63, 3.8) is 0 Å². The van der Waals surface area contributed by atoms with Gasteiger partial charge in [-0.05, 0) is 52.5 Å². The van der Waals surface area contributed by atoms with E-state index < -0.39 is 0 Å². The first-order valence-electron chi connectivity index (χ1n) is 6.38. The lowest BCUT2D eigenvalue weighted by Crippen LogP contribution is -2.03. The molecule has 2 N–H and O–H groups in total. The highest BCUT2D eigenvalue weighted by molar-refractivity contribution is 9.10. The van der Waals surface area contributed by atoms with Crippen LogP contribution in [0.2, 0.25) is 0 Å². The van der Waals surface area contributed by atoms with Crippen LogP contribution in [-0.4, -0.2) is 0 Å². The predicted molar refractivity (Wildman–Crippen MR) is 82.2 cm³/mol. The first kappa shape index (κ1) is 15.0. The van der Waals surface area contributed by atoms with E-state index in [1.807, 2.05) is 32.0 Å². The molecule has 0 fully saturated rings. The fraction of sp³-hybridized carbons (Fsp3) is 0.250. The summed E-state index contributed by atoms with van der Waals surface area (Å²) in [6, 6.07) is 8.97. The number of hydrogen-bond donors (Lipinski definition) is 1. The number of aryl methyl sites for hydroxylation is 2. The van der Waals surface area contributed by atoms with Crippen LogP contribution in [0.4, 0.5) is 4.39 Å². The molecule has 4 heteroatoms. The Kier molecular flexibility index (Phi) is 4.78. The SMILES string of the molecule is Cc1cc(CN)cc(C)c1OCc1cccc(F)c1Br. The molecule has 0 bridgehead atoms. The average molecular weight is 338 g/mol. The molecule has 0 aromatic heterocycles. The van der Waals surface area contributed by atoms with Gasteiger partial charge in [0.1, 0.15) is 18.2 Å². The lowest BCUT2D eigenvalue weighted by Gasteiger charge is -2.14. The topological polar surface area (TPSA) is 35.2 Å². The van der Waals surface area contributed by atoms with E-state index in [-0.39, 0.29) is 5.82 Å². The van der Waals surface area contributed by atoms with Gasteiger partial charge < -0.3 is 10.5 Å². The molecule has 2 aromatic rings. The number of hydrogen-bond acceptors (Lipinski definition) is 2. The molecule has 0 aliphatic rings. The number of benzene rings is 2. The molecule has 0 unspecified atom stereocenters. The molecule has 0 radical (unpaired) electrons. The summed E-state index contributed by atoms with van der Waals surface area (Å²) >= 11 is 3.24. The number of halogens is 2. The minimum atomic E-state index is -0.280. The van der Waals surface area contributed by atoms with Crippen LogP contribution >= 0.6 is 15.9 Å². The molecule has 0 aliphatic carbocycles. The van der Waals surface area contributed by atoms with E-state index >= 15 is 0 Å². The van der Waals surface area contributed by atoms with Gasteiger partial charge in [-0.15, -0.1) is 0 Å². The maximum atomic E-state index is 13.4. The van der Waals surface area contributed by atoms with Crippen LogP contribution in [0.5, 0.6) is 5.75 Å². The van der Waals surface area contributed by atoms with Crippen LogP contribution < -0.4 is 10.5 Å². The number of nitrogens with two attached hydrogens (primary N) is 1. The van der Waals surface area contributed by atoms with Crippen molar-refractivity contribution >= 4 is 15.9 Å². The maximum absolute atomic E-state index is 13.4. The van der Waals surface area contributed by atoms with E-state index in [1.54, 1.807) is 6.07 Å². The van der Waals surface area contributed by atoms with Gasteiger partial charge >= 0.3 is 0 Å². The third-order valence-electron chi connectivity index (χ3n) is 3.16. The molecular weight excluding hydrogens is 321 g/mol. The monoisotopic (exact) mass is 337 g/mol. The molecule has 0 spiro atoms. The number of ether oxygens (including phenoxy) is 1. The molecule has 0 atom stereocenters. The van der Waals surface area contributed by atoms with Crippen LogP contribution in [0.25, 0.3) is 0 Å². The summed E-state index contributed by atoms with van der Waals surface area (Å²) in [7, 11) is 0. The summed E-state index contributed by atoms with van der Waals surface area (Å²) in [6.45, 7) is 4.81. The Labute approximate surface area is 126 Å². The van der Waals surface area contributed by atoms with Crippen molar-refractivity contribution in [1.29, 1.82) is 0 Å². The Bertz CT molecular complexity index is 605. The molecule has 2 rings (SSSR count). The van der Waals surface area contributed by atoms with Gasteiger partial charge in [-0.3, -0.25) is 0 Å². The van der Waals surface area contributed by atoms with Gasteiger partial charge in [-0.1, -0.05) is 24.3 Å². The summed E-state index contributed by atoms with van der Waals surface area (Å²) in [4.78, 5) is 0. The normalized spacial score (nSPS) is 10.7. The van der Waals surface area contributed by atoms with Gasteiger partial charge in [0.15, 0.2) is 0 Å². The number of rotatable bonds is 4. The fourth-order valence-corrected chi connectivity index (χ4v) is 2.57. The van der Waals surface area contributed by atoms with E-state index in [2.05, 4.69) is 15.9 Å². The lowest BCUT2D eigenvalue weighted by atomic mass is 10.1. The second kappa shape index (κ2) is 6.37. The van der Waals surface area contributed by atoms with E-state index in [0.29, 0.717) is 17.6 Å². The van der Waals surface area contributed by atoms with Crippen molar-refractivity contribution in [2.75, 3.05) is 0 Å². The lowest BCUT2D eigenvalue weighted by molar-refractivity contribution is 0.300. The summed E-state index contributed by atoms with van der Waals surface area (Å²) < 4.78 is 19.8.